The predicted molar refractivity (Wildman–Crippen MR) is 148 cm³/mol. The van der Waals surface area contributed by atoms with Gasteiger partial charge in [-0.3, -0.25) is 9.10 Å². The zero-order valence-electron chi connectivity index (χ0n) is 21.1. The van der Waals surface area contributed by atoms with Crippen molar-refractivity contribution in [3.63, 3.8) is 0 Å². The lowest BCUT2D eigenvalue weighted by Gasteiger charge is -2.32. The molecule has 9 heteroatoms. The molecule has 0 spiro atoms. The number of anilines is 2. The van der Waals surface area contributed by atoms with E-state index in [2.05, 4.69) is 29.3 Å². The van der Waals surface area contributed by atoms with Crippen LogP contribution < -0.4 is 19.3 Å². The van der Waals surface area contributed by atoms with Gasteiger partial charge in [0.2, 0.25) is 5.91 Å². The normalized spacial score (nSPS) is 15.8. The Balaban J connectivity index is 1.48. The summed E-state index contributed by atoms with van der Waals surface area (Å²) >= 11 is 6.27. The number of hydrogen-bond donors (Lipinski definition) is 1. The molecule has 1 saturated heterocycles. The molecule has 3 aromatic carbocycles. The van der Waals surface area contributed by atoms with E-state index in [-0.39, 0.29) is 22.2 Å². The Morgan fingerprint density at radius 3 is 2.49 bits per heavy atom. The molecule has 196 valence electrons. The summed E-state index contributed by atoms with van der Waals surface area (Å²) in [6, 6.07) is 20.8. The van der Waals surface area contributed by atoms with Gasteiger partial charge in [-0.1, -0.05) is 48.9 Å². The van der Waals surface area contributed by atoms with Crippen molar-refractivity contribution in [2.45, 2.75) is 31.2 Å². The topological polar surface area (TPSA) is 79.0 Å². The van der Waals surface area contributed by atoms with Crippen LogP contribution in [-0.2, 0) is 21.4 Å². The van der Waals surface area contributed by atoms with E-state index in [1.807, 2.05) is 12.1 Å². The minimum absolute atomic E-state index is 0.0809. The Morgan fingerprint density at radius 1 is 1.11 bits per heavy atom. The Labute approximate surface area is 224 Å². The van der Waals surface area contributed by atoms with Crippen LogP contribution in [0.15, 0.2) is 77.7 Å². The van der Waals surface area contributed by atoms with Crippen LogP contribution in [0.1, 0.15) is 25.3 Å². The number of hydrogen-bond acceptors (Lipinski definition) is 5. The molecule has 0 aliphatic carbocycles. The maximum absolute atomic E-state index is 13.5. The zero-order chi connectivity index (χ0) is 26.4. The molecule has 1 fully saturated rings. The van der Waals surface area contributed by atoms with Crippen molar-refractivity contribution in [1.29, 1.82) is 0 Å². The second kappa shape index (κ2) is 11.9. The lowest BCUT2D eigenvalue weighted by atomic mass is 9.99. The lowest BCUT2D eigenvalue weighted by molar-refractivity contribution is -0.119. The summed E-state index contributed by atoms with van der Waals surface area (Å²) in [5.74, 6) is 0.665. The van der Waals surface area contributed by atoms with Crippen LogP contribution in [0.25, 0.3) is 0 Å². The summed E-state index contributed by atoms with van der Waals surface area (Å²) in [6.07, 6.45) is 2.46. The molecule has 1 unspecified atom stereocenters. The van der Waals surface area contributed by atoms with Crippen molar-refractivity contribution in [3.8, 4) is 5.75 Å². The highest BCUT2D eigenvalue weighted by molar-refractivity contribution is 7.92. The molecule has 0 aromatic heterocycles. The average Bonchev–Trinajstić information content (AvgIpc) is 2.91. The maximum atomic E-state index is 13.5. The first-order chi connectivity index (χ1) is 17.8. The van der Waals surface area contributed by atoms with Gasteiger partial charge in [-0.25, -0.2) is 8.42 Å². The van der Waals surface area contributed by atoms with Gasteiger partial charge in [0.05, 0.1) is 22.7 Å². The molecule has 1 amide bonds. The molecule has 1 aliphatic rings. The first-order valence-corrected chi connectivity index (χ1v) is 14.1. The van der Waals surface area contributed by atoms with Crippen LogP contribution in [0.5, 0.6) is 5.75 Å². The number of carbonyl (C=O) groups excluding carboxylic acids is 1. The molecule has 4 rings (SSSR count). The number of carbonyl (C=O) groups is 1. The number of nitrogens with one attached hydrogen (secondary N) is 1. The molecule has 1 heterocycles. The third kappa shape index (κ3) is 6.56. The molecule has 0 radical (unpaired) electrons. The summed E-state index contributed by atoms with van der Waals surface area (Å²) in [4.78, 5) is 15.4. The Bertz CT molecular complexity index is 1320. The van der Waals surface area contributed by atoms with E-state index >= 15 is 0 Å². The first-order valence-electron chi connectivity index (χ1n) is 12.3. The second-order valence-corrected chi connectivity index (χ2v) is 11.5. The third-order valence-corrected chi connectivity index (χ3v) is 8.57. The van der Waals surface area contributed by atoms with Crippen molar-refractivity contribution in [1.82, 2.24) is 5.32 Å². The minimum Gasteiger partial charge on any atom is -0.495 e. The number of rotatable bonds is 9. The standard InChI is InChI=1S/C28H32ClN3O4S/c1-21-7-6-16-31(19-21)23-12-10-22(11-13-23)18-30-28(33)20-32(24-14-15-27(36-2)26(29)17-24)37(34,35)25-8-4-3-5-9-25/h3-5,8-15,17,21H,6-7,16,18-20H2,1-2H3,(H,30,33). The molecule has 7 nitrogen and oxygen atoms in total. The molecule has 3 aromatic rings. The van der Waals surface area contributed by atoms with Gasteiger partial charge in [-0.15, -0.1) is 0 Å². The summed E-state index contributed by atoms with van der Waals surface area (Å²) in [7, 11) is -2.54. The maximum Gasteiger partial charge on any atom is 0.264 e. The van der Waals surface area contributed by atoms with Crippen molar-refractivity contribution in [3.05, 3.63) is 83.4 Å². The molecule has 1 atom stereocenters. The quantitative estimate of drug-likeness (QED) is 0.408. The molecular weight excluding hydrogens is 510 g/mol. The smallest absolute Gasteiger partial charge is 0.264 e. The van der Waals surface area contributed by atoms with E-state index in [0.29, 0.717) is 11.7 Å². The highest BCUT2D eigenvalue weighted by Gasteiger charge is 2.27. The predicted octanol–water partition coefficient (Wildman–Crippen LogP) is 5.10. The van der Waals surface area contributed by atoms with Gasteiger partial charge in [0.15, 0.2) is 0 Å². The van der Waals surface area contributed by atoms with Crippen molar-refractivity contribution >= 4 is 38.9 Å². The summed E-state index contributed by atoms with van der Waals surface area (Å²) in [5, 5.41) is 3.10. The minimum atomic E-state index is -4.02. The van der Waals surface area contributed by atoms with Gasteiger partial charge < -0.3 is 15.0 Å². The number of amides is 1. The van der Waals surface area contributed by atoms with Crippen molar-refractivity contribution < 1.29 is 17.9 Å². The van der Waals surface area contributed by atoms with E-state index in [1.54, 1.807) is 30.3 Å². The van der Waals surface area contributed by atoms with E-state index < -0.39 is 22.5 Å². The molecule has 1 N–H and O–H groups in total. The summed E-state index contributed by atoms with van der Waals surface area (Å²) in [6.45, 7) is 4.28. The molecule has 0 bridgehead atoms. The van der Waals surface area contributed by atoms with E-state index in [9.17, 15) is 13.2 Å². The molecule has 37 heavy (non-hydrogen) atoms. The highest BCUT2D eigenvalue weighted by atomic mass is 35.5. The first kappa shape index (κ1) is 26.8. The van der Waals surface area contributed by atoms with Gasteiger partial charge in [-0.05, 0) is 66.8 Å². The van der Waals surface area contributed by atoms with Gasteiger partial charge >= 0.3 is 0 Å². The lowest BCUT2D eigenvalue weighted by Crippen LogP contribution is -2.40. The van der Waals surface area contributed by atoms with Crippen LogP contribution in [0.4, 0.5) is 11.4 Å². The molecular formula is C28H32ClN3O4S. The number of nitrogens with zero attached hydrogens (tertiary/aromatic N) is 2. The Hall–Kier alpha value is -3.23. The third-order valence-electron chi connectivity index (χ3n) is 6.49. The number of methoxy groups -OCH3 is 1. The Morgan fingerprint density at radius 2 is 1.84 bits per heavy atom. The van der Waals surface area contributed by atoms with E-state index in [1.165, 1.54) is 43.8 Å². The van der Waals surface area contributed by atoms with Crippen molar-refractivity contribution in [2.24, 2.45) is 5.92 Å². The number of sulfonamides is 1. The SMILES string of the molecule is COc1ccc(N(CC(=O)NCc2ccc(N3CCCC(C)C3)cc2)S(=O)(=O)c2ccccc2)cc1Cl. The summed E-state index contributed by atoms with van der Waals surface area (Å²) < 4.78 is 33.2. The zero-order valence-corrected chi connectivity index (χ0v) is 22.6. The fourth-order valence-electron chi connectivity index (χ4n) is 4.48. The number of benzene rings is 3. The van der Waals surface area contributed by atoms with E-state index in [0.717, 1.165) is 23.0 Å². The number of piperidine rings is 1. The van der Waals surface area contributed by atoms with Crippen LogP contribution in [-0.4, -0.2) is 41.1 Å². The number of halogens is 1. The van der Waals surface area contributed by atoms with Crippen molar-refractivity contribution in [2.75, 3.05) is 35.9 Å². The number of ether oxygens (including phenoxy) is 1. The molecule has 0 saturated carbocycles. The van der Waals surface area contributed by atoms with Gasteiger partial charge in [0.25, 0.3) is 10.0 Å². The monoisotopic (exact) mass is 541 g/mol. The van der Waals surface area contributed by atoms with E-state index in [4.69, 9.17) is 16.3 Å². The van der Waals surface area contributed by atoms with Gasteiger partial charge in [-0.2, -0.15) is 0 Å². The van der Waals surface area contributed by atoms with Crippen LogP contribution in [0.3, 0.4) is 0 Å². The van der Waals surface area contributed by atoms with Crippen LogP contribution in [0, 0.1) is 5.92 Å². The fourth-order valence-corrected chi connectivity index (χ4v) is 6.17. The van der Waals surface area contributed by atoms with Gasteiger partial charge in [0, 0.05) is 25.3 Å². The average molecular weight is 542 g/mol. The van der Waals surface area contributed by atoms with Crippen LogP contribution in [0.2, 0.25) is 5.02 Å². The summed E-state index contributed by atoms with van der Waals surface area (Å²) in [5.41, 5.74) is 2.38. The highest BCUT2D eigenvalue weighted by Crippen LogP contribution is 2.32. The fraction of sp³-hybridized carbons (Fsp3) is 0.321. The Kier molecular flexibility index (Phi) is 8.61. The molecule has 1 aliphatic heterocycles. The largest absolute Gasteiger partial charge is 0.495 e. The van der Waals surface area contributed by atoms with Crippen LogP contribution >= 0.6 is 11.6 Å². The van der Waals surface area contributed by atoms with Gasteiger partial charge in [0.1, 0.15) is 12.3 Å². The second-order valence-electron chi connectivity index (χ2n) is 9.28.